The smallest absolute Gasteiger partial charge is 0.272 e. The van der Waals surface area contributed by atoms with Gasteiger partial charge in [-0.05, 0) is 19.9 Å². The monoisotopic (exact) mass is 273 g/mol. The van der Waals surface area contributed by atoms with Crippen molar-refractivity contribution in [1.29, 1.82) is 0 Å². The molecule has 1 amide bonds. The van der Waals surface area contributed by atoms with Gasteiger partial charge in [-0.25, -0.2) is 0 Å². The third-order valence-electron chi connectivity index (χ3n) is 2.24. The Morgan fingerprint density at radius 1 is 1.67 bits per heavy atom. The maximum absolute atomic E-state index is 12.0. The van der Waals surface area contributed by atoms with Gasteiger partial charge in [-0.1, -0.05) is 15.9 Å². The molecule has 1 heterocycles. The molecule has 0 saturated carbocycles. The van der Waals surface area contributed by atoms with Crippen LogP contribution in [0.25, 0.3) is 0 Å². The van der Waals surface area contributed by atoms with E-state index in [1.165, 1.54) is 0 Å². The van der Waals surface area contributed by atoms with E-state index in [9.17, 15) is 4.79 Å². The minimum absolute atomic E-state index is 0.0417. The number of hydrogen-bond donors (Lipinski definition) is 0. The lowest BCUT2D eigenvalue weighted by Gasteiger charge is -2.19. The number of carbonyl (C=O) groups is 1. The molecule has 1 aromatic rings. The number of nitrogens with zero attached hydrogens (tertiary/aromatic N) is 3. The normalized spacial score (nSPS) is 10.4. The van der Waals surface area contributed by atoms with Crippen molar-refractivity contribution in [2.75, 3.05) is 18.4 Å². The highest BCUT2D eigenvalue weighted by atomic mass is 79.9. The summed E-state index contributed by atoms with van der Waals surface area (Å²) in [6.07, 6.45) is 0. The topological polar surface area (TPSA) is 38.1 Å². The summed E-state index contributed by atoms with van der Waals surface area (Å²) in [6, 6.07) is 1.82. The molecule has 0 spiro atoms. The average Bonchev–Trinajstić information content (AvgIpc) is 2.53. The summed E-state index contributed by atoms with van der Waals surface area (Å²) in [5.74, 6) is 0.0417. The van der Waals surface area contributed by atoms with Crippen molar-refractivity contribution >= 4 is 21.8 Å². The molecule has 0 bridgehead atoms. The van der Waals surface area contributed by atoms with E-state index >= 15 is 0 Å². The molecule has 0 radical (unpaired) electrons. The second-order valence-electron chi connectivity index (χ2n) is 3.37. The van der Waals surface area contributed by atoms with Gasteiger partial charge in [0.2, 0.25) is 0 Å². The molecule has 0 aromatic carbocycles. The number of alkyl halides is 1. The Balaban J connectivity index is 2.87. The Morgan fingerprint density at radius 2 is 2.33 bits per heavy atom. The van der Waals surface area contributed by atoms with Gasteiger partial charge in [0.05, 0.1) is 5.69 Å². The van der Waals surface area contributed by atoms with E-state index in [-0.39, 0.29) is 5.91 Å². The van der Waals surface area contributed by atoms with Crippen molar-refractivity contribution in [3.8, 4) is 0 Å². The molecule has 0 N–H and O–H groups in total. The van der Waals surface area contributed by atoms with Crippen molar-refractivity contribution in [3.05, 3.63) is 17.5 Å². The van der Waals surface area contributed by atoms with Crippen LogP contribution in [0.15, 0.2) is 6.07 Å². The van der Waals surface area contributed by atoms with Crippen LogP contribution in [0, 0.1) is 6.92 Å². The zero-order valence-corrected chi connectivity index (χ0v) is 10.9. The zero-order chi connectivity index (χ0) is 11.4. The summed E-state index contributed by atoms with van der Waals surface area (Å²) in [7, 11) is 1.79. The molecule has 5 heteroatoms. The second kappa shape index (κ2) is 5.30. The van der Waals surface area contributed by atoms with Crippen molar-refractivity contribution in [2.45, 2.75) is 13.8 Å². The first-order chi connectivity index (χ1) is 7.10. The minimum atomic E-state index is 0.0417. The first-order valence-electron chi connectivity index (χ1n) is 4.96. The van der Waals surface area contributed by atoms with E-state index in [2.05, 4.69) is 21.0 Å². The van der Waals surface area contributed by atoms with Gasteiger partial charge < -0.3 is 4.90 Å². The van der Waals surface area contributed by atoms with E-state index in [0.717, 1.165) is 17.6 Å². The van der Waals surface area contributed by atoms with Crippen LogP contribution in [-0.2, 0) is 7.05 Å². The lowest BCUT2D eigenvalue weighted by Crippen LogP contribution is -2.33. The molecule has 15 heavy (non-hydrogen) atoms. The van der Waals surface area contributed by atoms with Gasteiger partial charge in [0.25, 0.3) is 5.91 Å². The maximum atomic E-state index is 12.0. The van der Waals surface area contributed by atoms with Gasteiger partial charge in [-0.2, -0.15) is 5.10 Å². The highest BCUT2D eigenvalue weighted by Crippen LogP contribution is 2.06. The number of hydrogen-bond acceptors (Lipinski definition) is 2. The van der Waals surface area contributed by atoms with Crippen molar-refractivity contribution < 1.29 is 4.79 Å². The first kappa shape index (κ1) is 12.2. The van der Waals surface area contributed by atoms with Gasteiger partial charge in [-0.3, -0.25) is 9.48 Å². The minimum Gasteiger partial charge on any atom is -0.337 e. The molecule has 4 nitrogen and oxygen atoms in total. The second-order valence-corrected chi connectivity index (χ2v) is 4.16. The maximum Gasteiger partial charge on any atom is 0.272 e. The van der Waals surface area contributed by atoms with Crippen molar-refractivity contribution in [3.63, 3.8) is 0 Å². The van der Waals surface area contributed by atoms with Crippen LogP contribution in [-0.4, -0.2) is 39.0 Å². The molecule has 0 saturated heterocycles. The van der Waals surface area contributed by atoms with Crippen LogP contribution in [0.3, 0.4) is 0 Å². The molecular weight excluding hydrogens is 258 g/mol. The number of amides is 1. The van der Waals surface area contributed by atoms with Crippen LogP contribution in [0.4, 0.5) is 0 Å². The Kier molecular flexibility index (Phi) is 4.32. The van der Waals surface area contributed by atoms with E-state index in [0.29, 0.717) is 12.2 Å². The molecule has 1 rings (SSSR count). The SMILES string of the molecule is CCN(CCBr)C(=O)c1cc(C)nn1C. The van der Waals surface area contributed by atoms with Crippen LogP contribution < -0.4 is 0 Å². The average molecular weight is 274 g/mol. The molecule has 0 unspecified atom stereocenters. The van der Waals surface area contributed by atoms with E-state index < -0.39 is 0 Å². The zero-order valence-electron chi connectivity index (χ0n) is 9.33. The van der Waals surface area contributed by atoms with Crippen LogP contribution in [0.1, 0.15) is 23.1 Å². The van der Waals surface area contributed by atoms with Gasteiger partial charge >= 0.3 is 0 Å². The van der Waals surface area contributed by atoms with Gasteiger partial charge in [0.15, 0.2) is 0 Å². The summed E-state index contributed by atoms with van der Waals surface area (Å²) in [5.41, 5.74) is 1.52. The molecule has 0 aliphatic carbocycles. The third-order valence-corrected chi connectivity index (χ3v) is 2.60. The molecule has 84 valence electrons. The lowest BCUT2D eigenvalue weighted by molar-refractivity contribution is 0.0764. The standard InChI is InChI=1S/C10H16BrN3O/c1-4-14(6-5-11)10(15)9-7-8(2)12-13(9)3/h7H,4-6H2,1-3H3. The summed E-state index contributed by atoms with van der Waals surface area (Å²) in [5, 5.41) is 4.96. The van der Waals surface area contributed by atoms with E-state index in [4.69, 9.17) is 0 Å². The Bertz CT molecular complexity index is 348. The highest BCUT2D eigenvalue weighted by Gasteiger charge is 2.17. The number of aryl methyl sites for hydroxylation is 2. The third kappa shape index (κ3) is 2.81. The van der Waals surface area contributed by atoms with Gasteiger partial charge in [0, 0.05) is 25.5 Å². The fourth-order valence-corrected chi connectivity index (χ4v) is 1.91. The summed E-state index contributed by atoms with van der Waals surface area (Å²) in [6.45, 7) is 5.30. The Hall–Kier alpha value is -0.840. The Labute approximate surface area is 98.4 Å². The fraction of sp³-hybridized carbons (Fsp3) is 0.600. The van der Waals surface area contributed by atoms with Crippen LogP contribution >= 0.6 is 15.9 Å². The van der Waals surface area contributed by atoms with Gasteiger partial charge in [-0.15, -0.1) is 0 Å². The number of rotatable bonds is 4. The summed E-state index contributed by atoms with van der Waals surface area (Å²) >= 11 is 3.34. The molecule has 0 aliphatic heterocycles. The first-order valence-corrected chi connectivity index (χ1v) is 6.08. The molecular formula is C10H16BrN3O. The van der Waals surface area contributed by atoms with E-state index in [1.54, 1.807) is 16.6 Å². The predicted octanol–water partition coefficient (Wildman–Crippen LogP) is 1.59. The lowest BCUT2D eigenvalue weighted by atomic mass is 10.3. The molecule has 0 fully saturated rings. The number of carbonyl (C=O) groups excluding carboxylic acids is 1. The highest BCUT2D eigenvalue weighted by molar-refractivity contribution is 9.09. The quantitative estimate of drug-likeness (QED) is 0.782. The van der Waals surface area contributed by atoms with Gasteiger partial charge in [0.1, 0.15) is 5.69 Å². The predicted molar refractivity (Wildman–Crippen MR) is 63.3 cm³/mol. The fourth-order valence-electron chi connectivity index (χ4n) is 1.48. The molecule has 1 aromatic heterocycles. The number of aromatic nitrogens is 2. The molecule has 0 aliphatic rings. The number of halogens is 1. The Morgan fingerprint density at radius 3 is 2.73 bits per heavy atom. The summed E-state index contributed by atoms with van der Waals surface area (Å²) in [4.78, 5) is 13.8. The summed E-state index contributed by atoms with van der Waals surface area (Å²) < 4.78 is 1.63. The van der Waals surface area contributed by atoms with Crippen molar-refractivity contribution in [1.82, 2.24) is 14.7 Å². The van der Waals surface area contributed by atoms with Crippen molar-refractivity contribution in [2.24, 2.45) is 7.05 Å². The van der Waals surface area contributed by atoms with Crippen LogP contribution in [0.5, 0.6) is 0 Å². The molecule has 0 atom stereocenters. The largest absolute Gasteiger partial charge is 0.337 e. The van der Waals surface area contributed by atoms with Crippen LogP contribution in [0.2, 0.25) is 0 Å². The van der Waals surface area contributed by atoms with E-state index in [1.807, 2.05) is 19.9 Å².